The topological polar surface area (TPSA) is 16.8 Å². The monoisotopic (exact) mass is 986 g/mol. The van der Waals surface area contributed by atoms with Gasteiger partial charge in [0.25, 0.3) is 0 Å². The highest BCUT2D eigenvalue weighted by atomic mass is 19.4. The SMILES string of the molecule is FC(F)(F)c1cc(C[n+]2ccncc2)cc(C(F)(F)F)c1.Fc1c(F)c(F)c([B-](c2c(F)c(F)c(F)c(F)c2F)(c2c(F)c(F)c(F)c(F)c2F)c2c(F)c(F)c(F)c(F)c2F)c(F)c1F. The molecule has 29 heteroatoms. The Hall–Kier alpha value is -6.58. The highest BCUT2D eigenvalue weighted by molar-refractivity contribution is 7.20. The van der Waals surface area contributed by atoms with Crippen LogP contribution >= 0.6 is 0 Å². The van der Waals surface area contributed by atoms with Crippen LogP contribution in [-0.4, -0.2) is 11.1 Å². The lowest BCUT2D eigenvalue weighted by atomic mass is 9.12. The molecule has 0 radical (unpaired) electrons. The minimum atomic E-state index is -7.22. The maximum atomic E-state index is 15.4. The second-order valence-electron chi connectivity index (χ2n) is 13.1. The van der Waals surface area contributed by atoms with Gasteiger partial charge in [-0.05, 0) is 18.2 Å². The van der Waals surface area contributed by atoms with Crippen molar-refractivity contribution >= 4 is 28.0 Å². The zero-order chi connectivity index (χ0) is 50.0. The Morgan fingerprint density at radius 3 is 0.758 bits per heavy atom. The van der Waals surface area contributed by atoms with Crippen LogP contribution in [0.25, 0.3) is 0 Å². The first-order valence-corrected chi connectivity index (χ1v) is 16.7. The summed E-state index contributed by atoms with van der Waals surface area (Å²) in [4.78, 5) is 3.72. The molecule has 0 saturated heterocycles. The molecule has 2 nitrogen and oxygen atoms in total. The molecule has 0 aliphatic carbocycles. The zero-order valence-corrected chi connectivity index (χ0v) is 30.5. The number of rotatable bonds is 6. The van der Waals surface area contributed by atoms with Crippen LogP contribution in [0.3, 0.4) is 0 Å². The molecule has 0 aliphatic rings. The van der Waals surface area contributed by atoms with E-state index in [9.17, 15) is 79.0 Å². The van der Waals surface area contributed by atoms with Gasteiger partial charge < -0.3 is 0 Å². The third-order valence-corrected chi connectivity index (χ3v) is 9.41. The highest BCUT2D eigenvalue weighted by Gasteiger charge is 2.52. The van der Waals surface area contributed by atoms with E-state index in [0.29, 0.717) is 12.1 Å². The molecule has 0 amide bonds. The van der Waals surface area contributed by atoms with Crippen LogP contribution in [0.15, 0.2) is 43.0 Å². The van der Waals surface area contributed by atoms with Crippen molar-refractivity contribution in [1.29, 1.82) is 0 Å². The molecule has 5 aromatic carbocycles. The third-order valence-electron chi connectivity index (χ3n) is 9.41. The first kappa shape index (κ1) is 50.4. The van der Waals surface area contributed by atoms with Gasteiger partial charge in [-0.2, -0.15) is 30.9 Å². The summed E-state index contributed by atoms with van der Waals surface area (Å²) in [5.41, 5.74) is -17.1. The second-order valence-corrected chi connectivity index (χ2v) is 13.1. The number of hydrogen-bond acceptors (Lipinski definition) is 1. The predicted octanol–water partition coefficient (Wildman–Crippen LogP) is 9.30. The average Bonchev–Trinajstić information content (AvgIpc) is 3.26. The molecule has 0 saturated carbocycles. The van der Waals surface area contributed by atoms with Gasteiger partial charge >= 0.3 is 12.4 Å². The summed E-state index contributed by atoms with van der Waals surface area (Å²) < 4.78 is 372. The fraction of sp³-hybridized carbons (Fsp3) is 0.0811. The molecule has 0 bridgehead atoms. The number of alkyl halides is 6. The van der Waals surface area contributed by atoms with Gasteiger partial charge in [-0.3, -0.25) is 4.98 Å². The van der Waals surface area contributed by atoms with E-state index in [0.717, 1.165) is 0 Å². The van der Waals surface area contributed by atoms with Crippen LogP contribution in [0.5, 0.6) is 0 Å². The smallest absolute Gasteiger partial charge is 0.252 e. The Morgan fingerprint density at radius 1 is 0.333 bits per heavy atom. The van der Waals surface area contributed by atoms with Crippen molar-refractivity contribution in [3.63, 3.8) is 0 Å². The maximum Gasteiger partial charge on any atom is 0.416 e. The van der Waals surface area contributed by atoms with E-state index in [1.807, 2.05) is 0 Å². The highest BCUT2D eigenvalue weighted by Crippen LogP contribution is 2.37. The molecule has 66 heavy (non-hydrogen) atoms. The Labute approximate surface area is 346 Å². The Bertz CT molecular complexity index is 2500. The van der Waals surface area contributed by atoms with Crippen molar-refractivity contribution in [3.05, 3.63) is 176 Å². The molecular weight excluding hydrogens is 977 g/mol. The molecule has 6 aromatic rings. The van der Waals surface area contributed by atoms with E-state index in [1.54, 1.807) is 0 Å². The molecule has 1 heterocycles. The van der Waals surface area contributed by atoms with Crippen LogP contribution < -0.4 is 26.4 Å². The van der Waals surface area contributed by atoms with Crippen molar-refractivity contribution in [2.45, 2.75) is 18.9 Å². The van der Waals surface area contributed by atoms with Crippen LogP contribution in [0, 0.1) is 116 Å². The van der Waals surface area contributed by atoms with Crippen molar-refractivity contribution in [3.8, 4) is 0 Å². The fourth-order valence-corrected chi connectivity index (χ4v) is 6.65. The lowest BCUT2D eigenvalue weighted by Crippen LogP contribution is -2.81. The first-order chi connectivity index (χ1) is 30.4. The molecule has 0 spiro atoms. The molecular formula is C37H9BF26N2. The summed E-state index contributed by atoms with van der Waals surface area (Å²) in [5.74, 6) is -71.4. The van der Waals surface area contributed by atoms with E-state index in [2.05, 4.69) is 4.98 Å². The quantitative estimate of drug-likeness (QED) is 0.0535. The third kappa shape index (κ3) is 8.19. The Balaban J connectivity index is 0.000000324. The predicted molar refractivity (Wildman–Crippen MR) is 169 cm³/mol. The number of hydrogen-bond donors (Lipinski definition) is 0. The average molecular weight is 986 g/mol. The first-order valence-electron chi connectivity index (χ1n) is 16.7. The Kier molecular flexibility index (Phi) is 13.5. The summed E-state index contributed by atoms with van der Waals surface area (Å²) in [6, 6.07) is 1.53. The number of nitrogens with zero attached hydrogens (tertiary/aromatic N) is 2. The molecule has 6 rings (SSSR count). The van der Waals surface area contributed by atoms with Crippen LogP contribution in [0.1, 0.15) is 16.7 Å². The summed E-state index contributed by atoms with van der Waals surface area (Å²) in [6.45, 7) is -0.116. The molecule has 0 unspecified atom stereocenters. The summed E-state index contributed by atoms with van der Waals surface area (Å²) >= 11 is 0. The van der Waals surface area contributed by atoms with Gasteiger partial charge in [-0.25, -0.2) is 87.8 Å². The van der Waals surface area contributed by atoms with Gasteiger partial charge in [0.05, 0.1) is 23.5 Å². The normalized spacial score (nSPS) is 12.2. The van der Waals surface area contributed by atoms with Crippen LogP contribution in [0.4, 0.5) is 114 Å². The van der Waals surface area contributed by atoms with E-state index in [-0.39, 0.29) is 18.2 Å². The van der Waals surface area contributed by atoms with Crippen molar-refractivity contribution in [2.75, 3.05) is 0 Å². The molecule has 0 fully saturated rings. The number of benzene rings is 5. The van der Waals surface area contributed by atoms with Gasteiger partial charge in [0.2, 0.25) is 0 Å². The van der Waals surface area contributed by atoms with Crippen molar-refractivity contribution in [2.24, 2.45) is 0 Å². The lowest BCUT2D eigenvalue weighted by molar-refractivity contribution is -0.688. The van der Waals surface area contributed by atoms with Crippen molar-refractivity contribution < 1.29 is 119 Å². The van der Waals surface area contributed by atoms with E-state index in [1.165, 1.54) is 29.4 Å². The number of aromatic nitrogens is 2. The van der Waals surface area contributed by atoms with E-state index in [4.69, 9.17) is 0 Å². The van der Waals surface area contributed by atoms with Crippen LogP contribution in [0.2, 0.25) is 0 Å². The lowest BCUT2D eigenvalue weighted by Gasteiger charge is -2.44. The van der Waals surface area contributed by atoms with Crippen molar-refractivity contribution in [1.82, 2.24) is 4.98 Å². The molecule has 1 aromatic heterocycles. The summed E-state index contributed by atoms with van der Waals surface area (Å²) in [7, 11) is 0. The van der Waals surface area contributed by atoms with Gasteiger partial charge in [-0.15, -0.1) is 21.9 Å². The van der Waals surface area contributed by atoms with Gasteiger partial charge in [0.1, 0.15) is 52.7 Å². The minimum Gasteiger partial charge on any atom is -0.252 e. The fourth-order valence-electron chi connectivity index (χ4n) is 6.65. The van der Waals surface area contributed by atoms with Gasteiger partial charge in [0.15, 0.2) is 88.7 Å². The Morgan fingerprint density at radius 2 is 0.545 bits per heavy atom. The second kappa shape index (κ2) is 17.7. The molecule has 352 valence electrons. The standard InChI is InChI=1S/C24BF20.C13H9F6N2/c26-5-1(6(27)14(35)21(42)13(5)34)25(2-7(28)15(36)22(43)16(37)8(2)29,3-9(30)17(38)23(44)18(39)10(3)31)4-11(32)19(40)24(45)20(41)12(4)33;14-12(15,16)10-5-9(6-11(7-10)13(17,18)19)8-21-3-1-20-2-4-21/h;1-7H,8H2/q-1;+1. The van der Waals surface area contributed by atoms with Gasteiger partial charge in [-0.1, -0.05) is 0 Å². The zero-order valence-electron chi connectivity index (χ0n) is 30.5. The van der Waals surface area contributed by atoms with E-state index < -0.39 is 168 Å². The van der Waals surface area contributed by atoms with Gasteiger partial charge in [0, 0.05) is 5.56 Å². The molecule has 0 aliphatic heterocycles. The molecule has 0 atom stereocenters. The maximum absolute atomic E-state index is 15.4. The van der Waals surface area contributed by atoms with Crippen LogP contribution in [-0.2, 0) is 18.9 Å². The van der Waals surface area contributed by atoms with E-state index >= 15 is 35.1 Å². The molecule has 0 N–H and O–H groups in total. The summed E-state index contributed by atoms with van der Waals surface area (Å²) in [6.07, 6.45) is -11.2. The minimum absolute atomic E-state index is 0.0895. The number of halogens is 26. The largest absolute Gasteiger partial charge is 0.416 e. The summed E-state index contributed by atoms with van der Waals surface area (Å²) in [5, 5.41) is 0.